The Morgan fingerprint density at radius 1 is 1.28 bits per heavy atom. The van der Waals surface area contributed by atoms with Gasteiger partial charge in [0.1, 0.15) is 16.9 Å². The van der Waals surface area contributed by atoms with E-state index in [9.17, 15) is 22.4 Å². The summed E-state index contributed by atoms with van der Waals surface area (Å²) in [5.41, 5.74) is 1.74. The van der Waals surface area contributed by atoms with Crippen LogP contribution in [0.4, 0.5) is 10.2 Å². The number of halogens is 1. The first-order valence-corrected chi connectivity index (χ1v) is 11.4. The van der Waals surface area contributed by atoms with Crippen LogP contribution in [0.5, 0.6) is 0 Å². The van der Waals surface area contributed by atoms with Gasteiger partial charge in [-0.2, -0.15) is 0 Å². The number of aryl methyl sites for hydroxylation is 1. The van der Waals surface area contributed by atoms with Crippen LogP contribution in [0, 0.1) is 5.82 Å². The molecular formula is C20H22FN5O5S. The van der Waals surface area contributed by atoms with E-state index in [0.717, 1.165) is 16.9 Å². The van der Waals surface area contributed by atoms with Crippen LogP contribution >= 0.6 is 0 Å². The van der Waals surface area contributed by atoms with Gasteiger partial charge in [-0.25, -0.2) is 28.3 Å². The van der Waals surface area contributed by atoms with Crippen molar-refractivity contribution in [3.63, 3.8) is 0 Å². The molecule has 1 atom stereocenters. The maximum Gasteiger partial charge on any atom is 0.261 e. The topological polar surface area (TPSA) is 134 Å². The summed E-state index contributed by atoms with van der Waals surface area (Å²) in [6.45, 7) is -0.174. The number of rotatable bonds is 7. The second-order valence-corrected chi connectivity index (χ2v) is 9.70. The molecule has 10 nitrogen and oxygen atoms in total. The Bertz CT molecular complexity index is 1320. The van der Waals surface area contributed by atoms with E-state index in [0.29, 0.717) is 11.4 Å². The highest BCUT2D eigenvalue weighted by Gasteiger charge is 2.28. The number of nitrogens with one attached hydrogen (secondary N) is 1. The molecule has 0 fully saturated rings. The van der Waals surface area contributed by atoms with Gasteiger partial charge in [0.2, 0.25) is 0 Å². The number of hydroxylamine groups is 1. The van der Waals surface area contributed by atoms with Crippen LogP contribution in [0.1, 0.15) is 6.42 Å². The van der Waals surface area contributed by atoms with Crippen LogP contribution in [0.2, 0.25) is 0 Å². The number of carbonyl (C=O) groups is 1. The minimum atomic E-state index is -3.83. The third kappa shape index (κ3) is 4.75. The molecule has 0 aliphatic carbocycles. The summed E-state index contributed by atoms with van der Waals surface area (Å²) in [5, 5.41) is 7.22. The van der Waals surface area contributed by atoms with Crippen LogP contribution in [-0.4, -0.2) is 59.7 Å². The first kappa shape index (κ1) is 23.3. The van der Waals surface area contributed by atoms with E-state index in [4.69, 9.17) is 5.21 Å². The fourth-order valence-electron chi connectivity index (χ4n) is 3.24. The Balaban J connectivity index is 1.95. The zero-order valence-electron chi connectivity index (χ0n) is 17.6. The molecule has 0 aliphatic heterocycles. The van der Waals surface area contributed by atoms with Crippen molar-refractivity contribution >= 4 is 32.5 Å². The van der Waals surface area contributed by atoms with E-state index in [2.05, 4.69) is 9.97 Å². The van der Waals surface area contributed by atoms with Gasteiger partial charge >= 0.3 is 0 Å². The van der Waals surface area contributed by atoms with Crippen molar-refractivity contribution in [3.05, 3.63) is 53.0 Å². The number of hydrogen-bond acceptors (Lipinski definition) is 8. The van der Waals surface area contributed by atoms with Gasteiger partial charge in [0.25, 0.3) is 11.5 Å². The summed E-state index contributed by atoms with van der Waals surface area (Å²) in [7, 11) is -0.160. The molecule has 0 spiro atoms. The summed E-state index contributed by atoms with van der Waals surface area (Å²) in [4.78, 5) is 34.7. The van der Waals surface area contributed by atoms with E-state index in [1.54, 1.807) is 12.1 Å². The molecule has 2 heterocycles. The van der Waals surface area contributed by atoms with Crippen molar-refractivity contribution in [2.24, 2.45) is 0 Å². The molecule has 0 saturated heterocycles. The number of nitrogens with zero attached hydrogens (tertiary/aromatic N) is 4. The van der Waals surface area contributed by atoms with Crippen molar-refractivity contribution < 1.29 is 22.8 Å². The quantitative estimate of drug-likeness (QED) is 0.391. The maximum absolute atomic E-state index is 14.8. The smallest absolute Gasteiger partial charge is 0.261 e. The highest BCUT2D eigenvalue weighted by Crippen LogP contribution is 2.26. The first-order valence-electron chi connectivity index (χ1n) is 9.48. The Labute approximate surface area is 183 Å². The monoisotopic (exact) mass is 463 g/mol. The zero-order valence-corrected chi connectivity index (χ0v) is 18.4. The lowest BCUT2D eigenvalue weighted by Crippen LogP contribution is -2.39. The molecule has 0 unspecified atom stereocenters. The largest absolute Gasteiger partial charge is 0.363 e. The number of aromatic nitrogens is 3. The van der Waals surface area contributed by atoms with Gasteiger partial charge in [-0.1, -0.05) is 0 Å². The van der Waals surface area contributed by atoms with Gasteiger partial charge < -0.3 is 4.90 Å². The third-order valence-corrected chi connectivity index (χ3v) is 6.46. The number of pyridine rings is 1. The minimum Gasteiger partial charge on any atom is -0.363 e. The molecule has 1 aromatic carbocycles. The number of benzene rings is 1. The summed E-state index contributed by atoms with van der Waals surface area (Å²) >= 11 is 0. The molecule has 0 saturated carbocycles. The number of carbonyl (C=O) groups excluding carboxylic acids is 1. The Morgan fingerprint density at radius 3 is 2.56 bits per heavy atom. The fourth-order valence-corrected chi connectivity index (χ4v) is 4.21. The van der Waals surface area contributed by atoms with Gasteiger partial charge in [0.05, 0.1) is 17.2 Å². The highest BCUT2D eigenvalue weighted by molar-refractivity contribution is 7.92. The number of amides is 1. The lowest BCUT2D eigenvalue weighted by atomic mass is 10.0. The average Bonchev–Trinajstić information content (AvgIpc) is 2.74. The number of fused-ring (bicyclic) bond motifs is 1. The zero-order chi connectivity index (χ0) is 23.6. The van der Waals surface area contributed by atoms with Gasteiger partial charge in [0.15, 0.2) is 9.84 Å². The van der Waals surface area contributed by atoms with Gasteiger partial charge in [-0.3, -0.25) is 19.4 Å². The summed E-state index contributed by atoms with van der Waals surface area (Å²) in [6.07, 6.45) is 3.31. The second kappa shape index (κ2) is 9.01. The molecule has 32 heavy (non-hydrogen) atoms. The molecule has 170 valence electrons. The molecule has 1 amide bonds. The van der Waals surface area contributed by atoms with Crippen molar-refractivity contribution in [3.8, 4) is 11.1 Å². The second-order valence-electron chi connectivity index (χ2n) is 7.47. The summed E-state index contributed by atoms with van der Waals surface area (Å²) < 4.78 is 39.5. The van der Waals surface area contributed by atoms with Crippen LogP contribution in [0.3, 0.4) is 0 Å². The molecule has 0 aliphatic rings. The lowest BCUT2D eigenvalue weighted by molar-refractivity contribution is -0.128. The third-order valence-electron chi connectivity index (χ3n) is 4.98. The lowest BCUT2D eigenvalue weighted by Gasteiger charge is -2.14. The summed E-state index contributed by atoms with van der Waals surface area (Å²) in [5.74, 6) is -1.03. The standard InChI is InChI=1S/C20H22FN5O5S/c1-25(2)18-5-4-12(10-22-18)13-9-16-14(8-15(13)21)20(28)26(11-23-16)7-6-17(19(27)24-29)32(3,30)31/h4-5,8-11,17,29H,6-7H2,1-3H3,(H,24,27)/t17-/m1/s1. The van der Waals surface area contributed by atoms with Gasteiger partial charge in [-0.05, 0) is 30.7 Å². The summed E-state index contributed by atoms with van der Waals surface area (Å²) in [6, 6.07) is 5.97. The Hall–Kier alpha value is -3.38. The van der Waals surface area contributed by atoms with Crippen LogP contribution in [-0.2, 0) is 21.2 Å². The van der Waals surface area contributed by atoms with E-state index in [1.807, 2.05) is 19.0 Å². The predicted molar refractivity (Wildman–Crippen MR) is 117 cm³/mol. The van der Waals surface area contributed by atoms with E-state index in [-0.39, 0.29) is 29.4 Å². The molecule has 0 radical (unpaired) electrons. The Kier molecular flexibility index (Phi) is 6.55. The molecule has 12 heteroatoms. The van der Waals surface area contributed by atoms with E-state index in [1.165, 1.54) is 24.1 Å². The van der Waals surface area contributed by atoms with Crippen molar-refractivity contribution in [2.45, 2.75) is 18.2 Å². The average molecular weight is 463 g/mol. The SMILES string of the molecule is CN(C)c1ccc(-c2cc3ncn(CC[C@H](C(=O)NO)S(C)(=O)=O)c(=O)c3cc2F)cn1. The first-order chi connectivity index (χ1) is 15.0. The molecular weight excluding hydrogens is 441 g/mol. The van der Waals surface area contributed by atoms with Crippen LogP contribution in [0.15, 0.2) is 41.6 Å². The van der Waals surface area contributed by atoms with Gasteiger partial charge in [-0.15, -0.1) is 0 Å². The maximum atomic E-state index is 14.8. The van der Waals surface area contributed by atoms with Gasteiger partial charge in [0, 0.05) is 44.2 Å². The molecule has 3 rings (SSSR count). The van der Waals surface area contributed by atoms with Crippen LogP contribution < -0.4 is 15.9 Å². The normalized spacial score (nSPS) is 12.5. The van der Waals surface area contributed by atoms with E-state index < -0.39 is 32.4 Å². The predicted octanol–water partition coefficient (Wildman–Crippen LogP) is 0.972. The molecule has 2 aromatic heterocycles. The van der Waals surface area contributed by atoms with Crippen molar-refractivity contribution in [2.75, 3.05) is 25.3 Å². The van der Waals surface area contributed by atoms with E-state index >= 15 is 0 Å². The molecule has 3 aromatic rings. The Morgan fingerprint density at radius 2 is 2.00 bits per heavy atom. The number of hydrogen-bond donors (Lipinski definition) is 2. The van der Waals surface area contributed by atoms with Crippen molar-refractivity contribution in [1.29, 1.82) is 0 Å². The number of anilines is 1. The fraction of sp³-hybridized carbons (Fsp3) is 0.300. The number of sulfone groups is 1. The molecule has 2 N–H and O–H groups in total. The van der Waals surface area contributed by atoms with Crippen LogP contribution in [0.25, 0.3) is 22.0 Å². The highest BCUT2D eigenvalue weighted by atomic mass is 32.2. The molecule has 0 bridgehead atoms. The minimum absolute atomic E-state index is 0.00846. The van der Waals surface area contributed by atoms with Crippen molar-refractivity contribution in [1.82, 2.24) is 20.0 Å².